The molecule has 3 aliphatic rings. The summed E-state index contributed by atoms with van der Waals surface area (Å²) in [5.74, 6) is 2.72. The molecule has 1 aliphatic carbocycles. The maximum Gasteiger partial charge on any atom is 0.251 e. The fraction of sp³-hybridized carbons (Fsp3) is 0.850. The fourth-order valence-electron chi connectivity index (χ4n) is 4.76. The monoisotopic (exact) mass is 375 g/mol. The van der Waals surface area contributed by atoms with Crippen LogP contribution in [0.2, 0.25) is 0 Å². The fourth-order valence-corrected chi connectivity index (χ4v) is 4.76. The van der Waals surface area contributed by atoms with E-state index >= 15 is 0 Å². The highest BCUT2D eigenvalue weighted by Crippen LogP contribution is 2.28. The minimum Gasteiger partial charge on any atom is -0.365 e. The summed E-state index contributed by atoms with van der Waals surface area (Å²) < 4.78 is 8.41. The maximum atomic E-state index is 12.8. The molecule has 2 fully saturated rings. The number of nitrogens with one attached hydrogen (secondary N) is 1. The van der Waals surface area contributed by atoms with Crippen molar-refractivity contribution in [3.63, 3.8) is 0 Å². The molecule has 2 aliphatic heterocycles. The lowest BCUT2D eigenvalue weighted by atomic mass is 9.95. The van der Waals surface area contributed by atoms with Crippen molar-refractivity contribution >= 4 is 5.91 Å². The number of piperidine rings is 1. The van der Waals surface area contributed by atoms with E-state index in [1.54, 1.807) is 0 Å². The minimum atomic E-state index is -0.323. The van der Waals surface area contributed by atoms with E-state index in [1.165, 1.54) is 25.7 Å². The second-order valence-electron chi connectivity index (χ2n) is 8.29. The zero-order chi connectivity index (χ0) is 18.6. The zero-order valence-corrected chi connectivity index (χ0v) is 16.5. The number of carbonyl (C=O) groups is 1. The molecule has 1 amide bonds. The lowest BCUT2D eigenvalue weighted by Gasteiger charge is -2.34. The molecule has 1 aromatic heterocycles. The summed E-state index contributed by atoms with van der Waals surface area (Å²) in [6.45, 7) is 6.25. The molecule has 0 radical (unpaired) electrons. The van der Waals surface area contributed by atoms with E-state index in [-0.39, 0.29) is 18.1 Å². The number of fused-ring (bicyclic) bond motifs is 1. The van der Waals surface area contributed by atoms with Gasteiger partial charge in [0.25, 0.3) is 5.91 Å². The first-order valence-electron chi connectivity index (χ1n) is 10.8. The van der Waals surface area contributed by atoms with Crippen molar-refractivity contribution in [1.29, 1.82) is 0 Å². The van der Waals surface area contributed by atoms with Gasteiger partial charge in [-0.1, -0.05) is 25.7 Å². The van der Waals surface area contributed by atoms with Crippen molar-refractivity contribution < 1.29 is 9.53 Å². The summed E-state index contributed by atoms with van der Waals surface area (Å²) in [6, 6.07) is 0. The van der Waals surface area contributed by atoms with Gasteiger partial charge < -0.3 is 19.5 Å². The van der Waals surface area contributed by atoms with Crippen LogP contribution in [0.4, 0.5) is 0 Å². The van der Waals surface area contributed by atoms with Crippen molar-refractivity contribution in [2.75, 3.05) is 19.6 Å². The second kappa shape index (κ2) is 8.69. The number of aromatic nitrogens is 3. The third-order valence-corrected chi connectivity index (χ3v) is 6.37. The largest absolute Gasteiger partial charge is 0.365 e. The highest BCUT2D eigenvalue weighted by molar-refractivity contribution is 5.80. The molecule has 27 heavy (non-hydrogen) atoms. The summed E-state index contributed by atoms with van der Waals surface area (Å²) in [5.41, 5.74) is 0. The van der Waals surface area contributed by atoms with Gasteiger partial charge in [-0.05, 0) is 32.6 Å². The Labute approximate surface area is 161 Å². The van der Waals surface area contributed by atoms with Gasteiger partial charge in [0.1, 0.15) is 17.8 Å². The normalized spacial score (nSPS) is 23.7. The molecule has 7 nitrogen and oxygen atoms in total. The van der Waals surface area contributed by atoms with E-state index in [4.69, 9.17) is 4.74 Å². The number of ether oxygens (including phenoxy) is 1. The van der Waals surface area contributed by atoms with Crippen LogP contribution >= 0.6 is 0 Å². The van der Waals surface area contributed by atoms with Crippen molar-refractivity contribution in [2.24, 2.45) is 0 Å². The molecule has 1 unspecified atom stereocenters. The van der Waals surface area contributed by atoms with Crippen LogP contribution in [0.15, 0.2) is 0 Å². The van der Waals surface area contributed by atoms with Crippen LogP contribution in [0.3, 0.4) is 0 Å². The molecule has 0 spiro atoms. The first kappa shape index (κ1) is 18.9. The van der Waals surface area contributed by atoms with Gasteiger partial charge in [-0.25, -0.2) is 0 Å². The van der Waals surface area contributed by atoms with Gasteiger partial charge in [0, 0.05) is 32.1 Å². The molecular weight excluding hydrogens is 342 g/mol. The first-order chi connectivity index (χ1) is 13.2. The Hall–Kier alpha value is -1.47. The molecule has 1 N–H and O–H groups in total. The molecule has 1 saturated carbocycles. The van der Waals surface area contributed by atoms with Gasteiger partial charge in [-0.15, -0.1) is 10.2 Å². The number of likely N-dealkylation sites (tertiary alicyclic amines) is 1. The molecular formula is C20H33N5O2. The predicted octanol–water partition coefficient (Wildman–Crippen LogP) is 2.22. The summed E-state index contributed by atoms with van der Waals surface area (Å²) in [7, 11) is 0. The third-order valence-electron chi connectivity index (χ3n) is 6.37. The molecule has 1 aromatic rings. The van der Waals surface area contributed by atoms with Crippen molar-refractivity contribution in [3.05, 3.63) is 11.6 Å². The number of hydrogen-bond donors (Lipinski definition) is 1. The summed E-state index contributed by atoms with van der Waals surface area (Å²) >= 11 is 0. The first-order valence-corrected chi connectivity index (χ1v) is 10.8. The van der Waals surface area contributed by atoms with E-state index in [1.807, 2.05) is 11.8 Å². The zero-order valence-electron chi connectivity index (χ0n) is 16.5. The van der Waals surface area contributed by atoms with Crippen LogP contribution in [-0.4, -0.2) is 57.4 Å². The number of hydrogen-bond acceptors (Lipinski definition) is 5. The Morgan fingerprint density at radius 2 is 1.81 bits per heavy atom. The Morgan fingerprint density at radius 1 is 1.07 bits per heavy atom. The van der Waals surface area contributed by atoms with E-state index in [9.17, 15) is 4.79 Å². The van der Waals surface area contributed by atoms with Gasteiger partial charge in [-0.2, -0.15) is 0 Å². The molecule has 1 atom stereocenters. The van der Waals surface area contributed by atoms with Crippen LogP contribution in [-0.2, 0) is 22.6 Å². The maximum absolute atomic E-state index is 12.8. The Balaban J connectivity index is 1.29. The van der Waals surface area contributed by atoms with Gasteiger partial charge >= 0.3 is 0 Å². The average Bonchev–Trinajstić information content (AvgIpc) is 2.97. The SMILES string of the molecule is CC(OC1CCCCCC1)C(=O)N1CCC(c2nnc3n2CCNC3)CC1. The van der Waals surface area contributed by atoms with Crippen LogP contribution in [0.5, 0.6) is 0 Å². The topological polar surface area (TPSA) is 72.3 Å². The van der Waals surface area contributed by atoms with Crippen LogP contribution in [0.25, 0.3) is 0 Å². The molecule has 0 bridgehead atoms. The van der Waals surface area contributed by atoms with Crippen LogP contribution in [0.1, 0.15) is 75.9 Å². The van der Waals surface area contributed by atoms with Crippen molar-refractivity contribution in [1.82, 2.24) is 25.0 Å². The molecule has 7 heteroatoms. The van der Waals surface area contributed by atoms with Gasteiger partial charge in [0.05, 0.1) is 12.6 Å². The van der Waals surface area contributed by atoms with Gasteiger partial charge in [0.2, 0.25) is 0 Å². The van der Waals surface area contributed by atoms with E-state index < -0.39 is 0 Å². The summed E-state index contributed by atoms with van der Waals surface area (Å²) in [6.07, 6.45) is 9.15. The molecule has 1 saturated heterocycles. The predicted molar refractivity (Wildman–Crippen MR) is 102 cm³/mol. The van der Waals surface area contributed by atoms with Crippen LogP contribution < -0.4 is 5.32 Å². The van der Waals surface area contributed by atoms with Crippen molar-refractivity contribution in [2.45, 2.75) is 89.5 Å². The Bertz CT molecular complexity index is 630. The number of rotatable bonds is 4. The lowest BCUT2D eigenvalue weighted by molar-refractivity contribution is -0.147. The number of nitrogens with zero attached hydrogens (tertiary/aromatic N) is 4. The summed E-state index contributed by atoms with van der Waals surface area (Å²) in [5, 5.41) is 12.1. The Morgan fingerprint density at radius 3 is 2.56 bits per heavy atom. The number of amides is 1. The quantitative estimate of drug-likeness (QED) is 0.817. The van der Waals surface area contributed by atoms with Crippen LogP contribution in [0, 0.1) is 0 Å². The average molecular weight is 376 g/mol. The Kier molecular flexibility index (Phi) is 6.08. The minimum absolute atomic E-state index is 0.158. The highest BCUT2D eigenvalue weighted by Gasteiger charge is 2.31. The molecule has 0 aromatic carbocycles. The third kappa shape index (κ3) is 4.35. The van der Waals surface area contributed by atoms with Gasteiger partial charge in [0.15, 0.2) is 0 Å². The van der Waals surface area contributed by atoms with Crippen molar-refractivity contribution in [3.8, 4) is 0 Å². The smallest absolute Gasteiger partial charge is 0.251 e. The lowest BCUT2D eigenvalue weighted by Crippen LogP contribution is -2.44. The highest BCUT2D eigenvalue weighted by atomic mass is 16.5. The standard InChI is InChI=1S/C20H33N5O2/c1-15(27-17-6-4-2-3-5-7-17)20(26)24-11-8-16(9-12-24)19-23-22-18-14-21-10-13-25(18)19/h15-17,21H,2-14H2,1H3. The summed E-state index contributed by atoms with van der Waals surface area (Å²) in [4.78, 5) is 14.8. The second-order valence-corrected chi connectivity index (χ2v) is 8.29. The molecule has 4 rings (SSSR count). The van der Waals surface area contributed by atoms with E-state index in [2.05, 4.69) is 20.1 Å². The molecule has 3 heterocycles. The van der Waals surface area contributed by atoms with E-state index in [0.717, 1.165) is 70.1 Å². The van der Waals surface area contributed by atoms with Gasteiger partial charge in [-0.3, -0.25) is 4.79 Å². The molecule has 150 valence electrons. The number of carbonyl (C=O) groups excluding carboxylic acids is 1. The van der Waals surface area contributed by atoms with E-state index in [0.29, 0.717) is 5.92 Å².